The van der Waals surface area contributed by atoms with Crippen LogP contribution in [0.25, 0.3) is 11.2 Å². The Morgan fingerprint density at radius 1 is 1.00 bits per heavy atom. The second kappa shape index (κ2) is 10.2. The van der Waals surface area contributed by atoms with Crippen LogP contribution in [0.2, 0.25) is 0 Å². The summed E-state index contributed by atoms with van der Waals surface area (Å²) in [5.41, 5.74) is 1.67. The van der Waals surface area contributed by atoms with Gasteiger partial charge in [0.25, 0.3) is 0 Å². The fraction of sp³-hybridized carbons (Fsp3) is 0.333. The van der Waals surface area contributed by atoms with Gasteiger partial charge in [0, 0.05) is 19.5 Å². The minimum Gasteiger partial charge on any atom is -0.475 e. The molecule has 1 saturated carbocycles. The number of hydrogen-bond acceptors (Lipinski definition) is 5. The lowest BCUT2D eigenvalue weighted by Gasteiger charge is -2.25. The van der Waals surface area contributed by atoms with Gasteiger partial charge < -0.3 is 15.0 Å². The van der Waals surface area contributed by atoms with E-state index in [1.165, 1.54) is 31.4 Å². The predicted octanol–water partition coefficient (Wildman–Crippen LogP) is 5.78. The normalized spacial score (nSPS) is 14.0. The summed E-state index contributed by atoms with van der Waals surface area (Å²) in [6.07, 6.45) is 0.563. The molecular weight excluding hydrogens is 483 g/mol. The van der Waals surface area contributed by atoms with Crippen molar-refractivity contribution in [3.8, 4) is 0 Å². The Bertz CT molecular complexity index is 1400. The number of benzene rings is 2. The molecule has 37 heavy (non-hydrogen) atoms. The SMILES string of the molecule is O=C(O)c1nc(NCCC2CCC2)c2c(n1)nc(Cc1ccccc1)n2Cc1ccc(C(F)(F)F)cc1. The van der Waals surface area contributed by atoms with Crippen LogP contribution < -0.4 is 5.32 Å². The Kier molecular flexibility index (Phi) is 6.82. The minimum absolute atomic E-state index is 0.226. The molecule has 0 amide bonds. The number of carbonyl (C=O) groups is 1. The van der Waals surface area contributed by atoms with Crippen LogP contribution in [0.15, 0.2) is 54.6 Å². The molecule has 2 aromatic heterocycles. The van der Waals surface area contributed by atoms with Crippen molar-refractivity contribution in [3.63, 3.8) is 0 Å². The van der Waals surface area contributed by atoms with Crippen molar-refractivity contribution in [1.82, 2.24) is 19.5 Å². The Morgan fingerprint density at radius 2 is 1.73 bits per heavy atom. The third kappa shape index (κ3) is 5.58. The number of anilines is 1. The van der Waals surface area contributed by atoms with Crippen molar-refractivity contribution in [2.75, 3.05) is 11.9 Å². The number of rotatable bonds is 9. The summed E-state index contributed by atoms with van der Waals surface area (Å²) < 4.78 is 41.1. The van der Waals surface area contributed by atoms with E-state index in [-0.39, 0.29) is 18.0 Å². The van der Waals surface area contributed by atoms with Crippen LogP contribution in [-0.4, -0.2) is 37.1 Å². The van der Waals surface area contributed by atoms with E-state index in [1.807, 2.05) is 34.9 Å². The zero-order valence-electron chi connectivity index (χ0n) is 20.0. The van der Waals surface area contributed by atoms with E-state index in [1.54, 1.807) is 0 Å². The molecule has 4 aromatic rings. The smallest absolute Gasteiger partial charge is 0.416 e. The standard InChI is InChI=1S/C27H26F3N5O2/c28-27(29,30)20-11-9-19(10-12-20)16-35-21(15-18-5-2-1-3-6-18)32-24-22(35)23(33-25(34-24)26(36)37)31-14-13-17-7-4-8-17/h1-3,5-6,9-12,17H,4,7-8,13-16H2,(H,36,37)(H,31,33,34). The molecule has 1 fully saturated rings. The lowest BCUT2D eigenvalue weighted by molar-refractivity contribution is -0.137. The number of alkyl halides is 3. The Hall–Kier alpha value is -3.95. The second-order valence-electron chi connectivity index (χ2n) is 9.36. The summed E-state index contributed by atoms with van der Waals surface area (Å²) in [4.78, 5) is 24.9. The molecule has 5 rings (SSSR count). The van der Waals surface area contributed by atoms with Gasteiger partial charge in [0.1, 0.15) is 11.3 Å². The van der Waals surface area contributed by atoms with Gasteiger partial charge in [0.15, 0.2) is 11.5 Å². The summed E-state index contributed by atoms with van der Waals surface area (Å²) >= 11 is 0. The number of fused-ring (bicyclic) bond motifs is 1. The molecule has 1 aliphatic carbocycles. The summed E-state index contributed by atoms with van der Waals surface area (Å²) in [5.74, 6) is 0.00447. The Balaban J connectivity index is 1.57. The first kappa shape index (κ1) is 24.7. The first-order valence-corrected chi connectivity index (χ1v) is 12.2. The highest BCUT2D eigenvalue weighted by atomic mass is 19.4. The monoisotopic (exact) mass is 509 g/mol. The van der Waals surface area contributed by atoms with Crippen molar-refractivity contribution in [3.05, 3.63) is 82.9 Å². The highest BCUT2D eigenvalue weighted by molar-refractivity contribution is 5.90. The van der Waals surface area contributed by atoms with Crippen LogP contribution in [-0.2, 0) is 19.1 Å². The third-order valence-corrected chi connectivity index (χ3v) is 6.77. The highest BCUT2D eigenvalue weighted by Gasteiger charge is 2.30. The van der Waals surface area contributed by atoms with E-state index in [0.29, 0.717) is 41.6 Å². The molecule has 0 saturated heterocycles. The average molecular weight is 510 g/mol. The molecule has 2 heterocycles. The molecule has 1 aliphatic rings. The van der Waals surface area contributed by atoms with Crippen molar-refractivity contribution in [2.45, 2.75) is 44.8 Å². The highest BCUT2D eigenvalue weighted by Crippen LogP contribution is 2.31. The van der Waals surface area contributed by atoms with Gasteiger partial charge in [-0.2, -0.15) is 13.2 Å². The number of halogens is 3. The number of imidazole rings is 1. The van der Waals surface area contributed by atoms with E-state index in [4.69, 9.17) is 0 Å². The van der Waals surface area contributed by atoms with Crippen molar-refractivity contribution < 1.29 is 23.1 Å². The van der Waals surface area contributed by atoms with Crippen LogP contribution in [0.5, 0.6) is 0 Å². The fourth-order valence-corrected chi connectivity index (χ4v) is 4.54. The van der Waals surface area contributed by atoms with Crippen LogP contribution in [0.3, 0.4) is 0 Å². The summed E-state index contributed by atoms with van der Waals surface area (Å²) in [5, 5.41) is 12.9. The van der Waals surface area contributed by atoms with Gasteiger partial charge in [-0.3, -0.25) is 0 Å². The number of nitrogens with zero attached hydrogens (tertiary/aromatic N) is 4. The molecule has 0 aliphatic heterocycles. The number of carboxylic acids is 1. The molecule has 0 bridgehead atoms. The molecule has 2 N–H and O–H groups in total. The molecule has 7 nitrogen and oxygen atoms in total. The van der Waals surface area contributed by atoms with E-state index in [0.717, 1.165) is 24.1 Å². The summed E-state index contributed by atoms with van der Waals surface area (Å²) in [6.45, 7) is 0.846. The zero-order chi connectivity index (χ0) is 26.0. The second-order valence-corrected chi connectivity index (χ2v) is 9.36. The van der Waals surface area contributed by atoms with E-state index < -0.39 is 17.7 Å². The van der Waals surface area contributed by atoms with Gasteiger partial charge >= 0.3 is 12.1 Å². The molecule has 0 radical (unpaired) electrons. The van der Waals surface area contributed by atoms with Crippen molar-refractivity contribution >= 4 is 23.0 Å². The largest absolute Gasteiger partial charge is 0.475 e. The van der Waals surface area contributed by atoms with E-state index >= 15 is 0 Å². The van der Waals surface area contributed by atoms with Gasteiger partial charge in [0.05, 0.1) is 5.56 Å². The number of hydrogen-bond donors (Lipinski definition) is 2. The average Bonchev–Trinajstić information content (AvgIpc) is 3.17. The number of carboxylic acid groups (broad SMARTS) is 1. The maximum Gasteiger partial charge on any atom is 0.416 e. The zero-order valence-corrected chi connectivity index (χ0v) is 20.0. The number of aromatic carboxylic acids is 1. The fourth-order valence-electron chi connectivity index (χ4n) is 4.54. The molecule has 2 aromatic carbocycles. The van der Waals surface area contributed by atoms with Gasteiger partial charge in [0.2, 0.25) is 5.82 Å². The van der Waals surface area contributed by atoms with Gasteiger partial charge in [-0.05, 0) is 35.6 Å². The number of nitrogens with one attached hydrogen (secondary N) is 1. The maximum absolute atomic E-state index is 13.1. The van der Waals surface area contributed by atoms with Gasteiger partial charge in [-0.1, -0.05) is 61.7 Å². The molecule has 0 atom stereocenters. The molecule has 192 valence electrons. The quantitative estimate of drug-likeness (QED) is 0.297. The van der Waals surface area contributed by atoms with E-state index in [9.17, 15) is 23.1 Å². The summed E-state index contributed by atoms with van der Waals surface area (Å²) in [6, 6.07) is 14.6. The topological polar surface area (TPSA) is 92.9 Å². The maximum atomic E-state index is 13.1. The Morgan fingerprint density at radius 3 is 2.35 bits per heavy atom. The molecule has 0 unspecified atom stereocenters. The summed E-state index contributed by atoms with van der Waals surface area (Å²) in [7, 11) is 0. The molecular formula is C27H26F3N5O2. The van der Waals surface area contributed by atoms with E-state index in [2.05, 4.69) is 20.3 Å². The molecule has 0 spiro atoms. The lowest BCUT2D eigenvalue weighted by Crippen LogP contribution is -2.17. The Labute approximate surface area is 211 Å². The first-order valence-electron chi connectivity index (χ1n) is 12.2. The van der Waals surface area contributed by atoms with Crippen molar-refractivity contribution in [1.29, 1.82) is 0 Å². The lowest BCUT2D eigenvalue weighted by atomic mass is 9.83. The van der Waals surface area contributed by atoms with Crippen LogP contribution in [0.4, 0.5) is 19.0 Å². The van der Waals surface area contributed by atoms with Crippen molar-refractivity contribution in [2.24, 2.45) is 5.92 Å². The van der Waals surface area contributed by atoms with Crippen LogP contribution in [0, 0.1) is 5.92 Å². The van der Waals surface area contributed by atoms with Gasteiger partial charge in [-0.25, -0.2) is 19.7 Å². The first-order chi connectivity index (χ1) is 17.8. The van der Waals surface area contributed by atoms with Crippen LogP contribution >= 0.6 is 0 Å². The van der Waals surface area contributed by atoms with Gasteiger partial charge in [-0.15, -0.1) is 0 Å². The molecule has 10 heteroatoms. The minimum atomic E-state index is -4.42. The number of aromatic nitrogens is 4. The van der Waals surface area contributed by atoms with Crippen LogP contribution in [0.1, 0.15) is 58.8 Å². The third-order valence-electron chi connectivity index (χ3n) is 6.77. The predicted molar refractivity (Wildman–Crippen MR) is 133 cm³/mol.